The summed E-state index contributed by atoms with van der Waals surface area (Å²) in [7, 11) is 0. The molecule has 0 radical (unpaired) electrons. The van der Waals surface area contributed by atoms with Gasteiger partial charge in [0.25, 0.3) is 12.4 Å². The maximum absolute atomic E-state index is 13.0. The van der Waals surface area contributed by atoms with Crippen molar-refractivity contribution in [3.63, 3.8) is 0 Å². The van der Waals surface area contributed by atoms with Crippen LogP contribution in [0.15, 0.2) is 0 Å². The second kappa shape index (κ2) is 4.48. The number of nitrogens with zero attached hydrogens (tertiary/aromatic N) is 1. The summed E-state index contributed by atoms with van der Waals surface area (Å²) in [6.07, 6.45) is 1.88. The summed E-state index contributed by atoms with van der Waals surface area (Å²) in [4.78, 5) is 22.1. The number of fused-ring (bicyclic) bond motifs is 1. The molecule has 2 unspecified atom stereocenters. The third-order valence-corrected chi connectivity index (χ3v) is 4.00. The number of rotatable bonds is 2. The van der Waals surface area contributed by atoms with Crippen LogP contribution in [0.1, 0.15) is 32.6 Å². The first-order valence-corrected chi connectivity index (χ1v) is 6.18. The Labute approximate surface area is 104 Å². The van der Waals surface area contributed by atoms with Gasteiger partial charge >= 0.3 is 0 Å². The Morgan fingerprint density at radius 1 is 1.56 bits per heavy atom. The molecule has 1 amide bonds. The van der Waals surface area contributed by atoms with Crippen molar-refractivity contribution in [1.82, 2.24) is 4.90 Å². The topological polar surface area (TPSA) is 46.6 Å². The van der Waals surface area contributed by atoms with Gasteiger partial charge in [0.2, 0.25) is 5.91 Å². The SMILES string of the molecule is CCOC=O.O=C1CCC2CC3(CN12)CC3(F)F. The minimum atomic E-state index is -2.49. The fraction of sp³-hybridized carbons (Fsp3) is 0.833. The summed E-state index contributed by atoms with van der Waals surface area (Å²) in [5.74, 6) is -2.41. The van der Waals surface area contributed by atoms with Crippen molar-refractivity contribution in [2.24, 2.45) is 5.41 Å². The van der Waals surface area contributed by atoms with Gasteiger partial charge in [-0.3, -0.25) is 9.59 Å². The van der Waals surface area contributed by atoms with Crippen molar-refractivity contribution in [2.75, 3.05) is 13.2 Å². The Balaban J connectivity index is 0.000000209. The van der Waals surface area contributed by atoms with Crippen LogP contribution in [0.3, 0.4) is 0 Å². The molecular weight excluding hydrogens is 244 g/mol. The van der Waals surface area contributed by atoms with Gasteiger partial charge in [-0.15, -0.1) is 0 Å². The van der Waals surface area contributed by atoms with Crippen LogP contribution < -0.4 is 0 Å². The summed E-state index contributed by atoms with van der Waals surface area (Å²) in [6, 6.07) is 0.126. The van der Waals surface area contributed by atoms with E-state index in [4.69, 9.17) is 0 Å². The first-order chi connectivity index (χ1) is 8.46. The lowest BCUT2D eigenvalue weighted by Crippen LogP contribution is -2.28. The Bertz CT molecular complexity index is 361. The van der Waals surface area contributed by atoms with Crippen molar-refractivity contribution in [3.8, 4) is 0 Å². The summed E-state index contributed by atoms with van der Waals surface area (Å²) >= 11 is 0. The number of carbonyl (C=O) groups excluding carboxylic acids is 2. The number of alkyl halides is 2. The normalized spacial score (nSPS) is 34.9. The summed E-state index contributed by atoms with van der Waals surface area (Å²) in [5.41, 5.74) is -0.812. The largest absolute Gasteiger partial charge is 0.468 e. The molecule has 2 aliphatic heterocycles. The van der Waals surface area contributed by atoms with Crippen molar-refractivity contribution in [1.29, 1.82) is 0 Å². The van der Waals surface area contributed by atoms with E-state index in [0.717, 1.165) is 6.42 Å². The fourth-order valence-electron chi connectivity index (χ4n) is 2.91. The summed E-state index contributed by atoms with van der Waals surface area (Å²) < 4.78 is 30.1. The van der Waals surface area contributed by atoms with Crippen LogP contribution in [0, 0.1) is 5.41 Å². The van der Waals surface area contributed by atoms with Gasteiger partial charge < -0.3 is 9.64 Å². The Hall–Kier alpha value is -1.20. The molecule has 0 aromatic carbocycles. The zero-order valence-electron chi connectivity index (χ0n) is 10.3. The second-order valence-corrected chi connectivity index (χ2v) is 5.13. The monoisotopic (exact) mass is 261 g/mol. The van der Waals surface area contributed by atoms with Crippen LogP contribution >= 0.6 is 0 Å². The molecule has 1 spiro atoms. The van der Waals surface area contributed by atoms with E-state index in [-0.39, 0.29) is 18.4 Å². The second-order valence-electron chi connectivity index (χ2n) is 5.13. The number of hydrogen-bond acceptors (Lipinski definition) is 3. The van der Waals surface area contributed by atoms with Gasteiger partial charge in [0.15, 0.2) is 0 Å². The zero-order valence-corrected chi connectivity index (χ0v) is 10.3. The average Bonchev–Trinajstić information content (AvgIpc) is 2.64. The molecule has 1 saturated carbocycles. The first kappa shape index (κ1) is 13.2. The predicted molar refractivity (Wildman–Crippen MR) is 59.0 cm³/mol. The highest BCUT2D eigenvalue weighted by Crippen LogP contribution is 2.67. The van der Waals surface area contributed by atoms with Crippen LogP contribution in [-0.2, 0) is 14.3 Å². The molecule has 0 bridgehead atoms. The molecule has 3 aliphatic rings. The van der Waals surface area contributed by atoms with E-state index in [1.54, 1.807) is 11.8 Å². The van der Waals surface area contributed by atoms with Crippen LogP contribution in [0.4, 0.5) is 8.78 Å². The molecule has 0 aromatic rings. The van der Waals surface area contributed by atoms with E-state index >= 15 is 0 Å². The molecule has 2 heterocycles. The lowest BCUT2D eigenvalue weighted by Gasteiger charge is -2.13. The number of ether oxygens (including phenoxy) is 1. The van der Waals surface area contributed by atoms with E-state index in [1.807, 2.05) is 0 Å². The van der Waals surface area contributed by atoms with E-state index in [1.165, 1.54) is 0 Å². The zero-order chi connectivity index (χ0) is 13.4. The third-order valence-electron chi connectivity index (χ3n) is 4.00. The van der Waals surface area contributed by atoms with E-state index in [9.17, 15) is 18.4 Å². The molecule has 6 heteroatoms. The Morgan fingerprint density at radius 2 is 2.22 bits per heavy atom. The predicted octanol–water partition coefficient (Wildman–Crippen LogP) is 1.59. The molecule has 0 aromatic heterocycles. The number of halogens is 2. The lowest BCUT2D eigenvalue weighted by atomic mass is 10.0. The first-order valence-electron chi connectivity index (χ1n) is 6.18. The summed E-state index contributed by atoms with van der Waals surface area (Å²) in [6.45, 7) is 2.97. The van der Waals surface area contributed by atoms with E-state index in [2.05, 4.69) is 4.74 Å². The molecule has 102 valence electrons. The quantitative estimate of drug-likeness (QED) is 0.709. The number of carbonyl (C=O) groups is 2. The highest BCUT2D eigenvalue weighted by Gasteiger charge is 2.75. The Kier molecular flexibility index (Phi) is 3.29. The molecule has 2 saturated heterocycles. The highest BCUT2D eigenvalue weighted by atomic mass is 19.3. The van der Waals surface area contributed by atoms with Crippen LogP contribution in [0.2, 0.25) is 0 Å². The van der Waals surface area contributed by atoms with Crippen molar-refractivity contribution in [2.45, 2.75) is 44.6 Å². The average molecular weight is 261 g/mol. The van der Waals surface area contributed by atoms with Gasteiger partial charge in [-0.2, -0.15) is 0 Å². The molecule has 4 nitrogen and oxygen atoms in total. The van der Waals surface area contributed by atoms with Crippen LogP contribution in [-0.4, -0.2) is 42.4 Å². The summed E-state index contributed by atoms with van der Waals surface area (Å²) in [5, 5.41) is 0. The maximum Gasteiger partial charge on any atom is 0.293 e. The molecule has 2 atom stereocenters. The smallest absolute Gasteiger partial charge is 0.293 e. The van der Waals surface area contributed by atoms with Crippen LogP contribution in [0.25, 0.3) is 0 Å². The van der Waals surface area contributed by atoms with E-state index in [0.29, 0.717) is 32.5 Å². The van der Waals surface area contributed by atoms with Gasteiger partial charge in [-0.1, -0.05) is 0 Å². The number of hydrogen-bond donors (Lipinski definition) is 0. The Morgan fingerprint density at radius 3 is 2.61 bits per heavy atom. The number of amides is 1. The maximum atomic E-state index is 13.0. The third kappa shape index (κ3) is 2.08. The van der Waals surface area contributed by atoms with Crippen molar-refractivity contribution < 1.29 is 23.1 Å². The van der Waals surface area contributed by atoms with Gasteiger partial charge in [-0.05, 0) is 19.8 Å². The lowest BCUT2D eigenvalue weighted by molar-refractivity contribution is -0.129. The molecular formula is C12H17F2NO3. The molecule has 0 N–H and O–H groups in total. The standard InChI is InChI=1S/C9H11F2NO.C3H6O2/c10-9(11)4-8(9)3-6-1-2-7(13)12(6)5-8;1-2-5-3-4/h6H,1-5H2;3H,2H2,1H3. The molecule has 3 fully saturated rings. The molecule has 1 aliphatic carbocycles. The van der Waals surface area contributed by atoms with Gasteiger partial charge in [0.1, 0.15) is 0 Å². The van der Waals surface area contributed by atoms with Crippen molar-refractivity contribution >= 4 is 12.4 Å². The van der Waals surface area contributed by atoms with Gasteiger partial charge in [0.05, 0.1) is 12.0 Å². The molecule has 18 heavy (non-hydrogen) atoms. The van der Waals surface area contributed by atoms with Crippen molar-refractivity contribution in [3.05, 3.63) is 0 Å². The minimum absolute atomic E-state index is 0.000278. The highest BCUT2D eigenvalue weighted by molar-refractivity contribution is 5.79. The molecule has 3 rings (SSSR count). The van der Waals surface area contributed by atoms with Crippen LogP contribution in [0.5, 0.6) is 0 Å². The van der Waals surface area contributed by atoms with E-state index < -0.39 is 11.3 Å². The fourth-order valence-corrected chi connectivity index (χ4v) is 2.91. The van der Waals surface area contributed by atoms with Gasteiger partial charge in [0, 0.05) is 25.4 Å². The van der Waals surface area contributed by atoms with Gasteiger partial charge in [-0.25, -0.2) is 8.78 Å². The minimum Gasteiger partial charge on any atom is -0.468 e.